The van der Waals surface area contributed by atoms with Gasteiger partial charge < -0.3 is 10.5 Å². The minimum atomic E-state index is 0.634. The van der Waals surface area contributed by atoms with Gasteiger partial charge in [0.2, 0.25) is 0 Å². The first-order valence-electron chi connectivity index (χ1n) is 6.19. The number of anilines is 1. The Hall–Kier alpha value is -2.10. The van der Waals surface area contributed by atoms with Gasteiger partial charge in [-0.15, -0.1) is 0 Å². The van der Waals surface area contributed by atoms with Crippen LogP contribution in [0, 0.1) is 27.7 Å². The standard InChI is InChI=1S/C15H19N3O/c1-8-6-12(9(2)10(3)15(8)19-5)14-13(16)11(4)17-7-18-14/h6-7H,16H2,1-5H3. The normalized spacial score (nSPS) is 10.6. The van der Waals surface area contributed by atoms with Crippen LogP contribution in [0.25, 0.3) is 11.3 Å². The maximum absolute atomic E-state index is 6.10. The van der Waals surface area contributed by atoms with E-state index in [1.54, 1.807) is 13.4 Å². The molecule has 4 heteroatoms. The van der Waals surface area contributed by atoms with Crippen molar-refractivity contribution < 1.29 is 4.74 Å². The zero-order chi connectivity index (χ0) is 14.2. The van der Waals surface area contributed by atoms with E-state index in [9.17, 15) is 0 Å². The van der Waals surface area contributed by atoms with Gasteiger partial charge in [-0.3, -0.25) is 0 Å². The van der Waals surface area contributed by atoms with E-state index in [0.29, 0.717) is 5.69 Å². The number of aryl methyl sites for hydroxylation is 2. The zero-order valence-corrected chi connectivity index (χ0v) is 12.0. The quantitative estimate of drug-likeness (QED) is 0.898. The first kappa shape index (κ1) is 13.3. The van der Waals surface area contributed by atoms with E-state index in [4.69, 9.17) is 10.5 Å². The second-order valence-corrected chi connectivity index (χ2v) is 4.75. The van der Waals surface area contributed by atoms with Crippen molar-refractivity contribution in [3.63, 3.8) is 0 Å². The molecule has 0 aliphatic carbocycles. The molecule has 100 valence electrons. The lowest BCUT2D eigenvalue weighted by atomic mass is 9.95. The van der Waals surface area contributed by atoms with Gasteiger partial charge in [0.25, 0.3) is 0 Å². The van der Waals surface area contributed by atoms with E-state index in [2.05, 4.69) is 29.9 Å². The fourth-order valence-electron chi connectivity index (χ4n) is 2.32. The van der Waals surface area contributed by atoms with E-state index in [1.165, 1.54) is 0 Å². The number of methoxy groups -OCH3 is 1. The number of aromatic nitrogens is 2. The molecular formula is C15H19N3O. The lowest BCUT2D eigenvalue weighted by Crippen LogP contribution is -2.02. The molecule has 2 N–H and O–H groups in total. The molecule has 0 fully saturated rings. The van der Waals surface area contributed by atoms with Gasteiger partial charge in [-0.2, -0.15) is 0 Å². The van der Waals surface area contributed by atoms with Crippen LogP contribution in [-0.2, 0) is 0 Å². The second-order valence-electron chi connectivity index (χ2n) is 4.75. The van der Waals surface area contributed by atoms with E-state index >= 15 is 0 Å². The van der Waals surface area contributed by atoms with Crippen LogP contribution in [0.2, 0.25) is 0 Å². The summed E-state index contributed by atoms with van der Waals surface area (Å²) >= 11 is 0. The summed E-state index contributed by atoms with van der Waals surface area (Å²) in [5.74, 6) is 0.922. The maximum atomic E-state index is 6.10. The van der Waals surface area contributed by atoms with E-state index in [-0.39, 0.29) is 0 Å². The Morgan fingerprint density at radius 2 is 1.74 bits per heavy atom. The van der Waals surface area contributed by atoms with Crippen molar-refractivity contribution in [2.24, 2.45) is 0 Å². The predicted molar refractivity (Wildman–Crippen MR) is 77.4 cm³/mol. The Kier molecular flexibility index (Phi) is 3.42. The second kappa shape index (κ2) is 4.88. The van der Waals surface area contributed by atoms with Crippen molar-refractivity contribution in [3.8, 4) is 17.0 Å². The third-order valence-electron chi connectivity index (χ3n) is 3.57. The largest absolute Gasteiger partial charge is 0.496 e. The van der Waals surface area contributed by atoms with Gasteiger partial charge in [0.1, 0.15) is 12.1 Å². The van der Waals surface area contributed by atoms with Crippen LogP contribution in [0.4, 0.5) is 5.69 Å². The van der Waals surface area contributed by atoms with Crippen molar-refractivity contribution in [1.82, 2.24) is 9.97 Å². The summed E-state index contributed by atoms with van der Waals surface area (Å²) in [6.07, 6.45) is 1.55. The lowest BCUT2D eigenvalue weighted by molar-refractivity contribution is 0.408. The molecule has 1 aromatic heterocycles. The smallest absolute Gasteiger partial charge is 0.124 e. The van der Waals surface area contributed by atoms with Crippen LogP contribution < -0.4 is 10.5 Å². The van der Waals surface area contributed by atoms with Crippen LogP contribution in [0.3, 0.4) is 0 Å². The zero-order valence-electron chi connectivity index (χ0n) is 12.0. The SMILES string of the molecule is COc1c(C)cc(-c2ncnc(C)c2N)c(C)c1C. The highest BCUT2D eigenvalue weighted by Gasteiger charge is 2.15. The van der Waals surface area contributed by atoms with Gasteiger partial charge in [0.15, 0.2) is 0 Å². The number of ether oxygens (including phenoxy) is 1. The van der Waals surface area contributed by atoms with Crippen LogP contribution in [0.1, 0.15) is 22.4 Å². The molecule has 0 aliphatic rings. The van der Waals surface area contributed by atoms with E-state index < -0.39 is 0 Å². The van der Waals surface area contributed by atoms with Gasteiger partial charge in [0, 0.05) is 5.56 Å². The Morgan fingerprint density at radius 1 is 1.05 bits per heavy atom. The lowest BCUT2D eigenvalue weighted by Gasteiger charge is -2.16. The first-order chi connectivity index (χ1) is 8.97. The topological polar surface area (TPSA) is 61.0 Å². The summed E-state index contributed by atoms with van der Waals surface area (Å²) in [5, 5.41) is 0. The van der Waals surface area contributed by atoms with Crippen LogP contribution >= 0.6 is 0 Å². The molecule has 0 saturated heterocycles. The summed E-state index contributed by atoms with van der Waals surface area (Å²) in [6, 6.07) is 2.07. The molecule has 0 aliphatic heterocycles. The van der Waals surface area contributed by atoms with Crippen LogP contribution in [0.5, 0.6) is 5.75 Å². The number of hydrogen-bond donors (Lipinski definition) is 1. The van der Waals surface area contributed by atoms with Gasteiger partial charge >= 0.3 is 0 Å². The molecule has 0 saturated carbocycles. The van der Waals surface area contributed by atoms with Crippen molar-refractivity contribution >= 4 is 5.69 Å². The molecule has 0 bridgehead atoms. The highest BCUT2D eigenvalue weighted by molar-refractivity contribution is 5.78. The molecule has 0 spiro atoms. The fraction of sp³-hybridized carbons (Fsp3) is 0.333. The Labute approximate surface area is 113 Å². The van der Waals surface area contributed by atoms with Gasteiger partial charge in [-0.1, -0.05) is 0 Å². The van der Waals surface area contributed by atoms with Crippen LogP contribution in [-0.4, -0.2) is 17.1 Å². The molecule has 2 rings (SSSR count). The molecule has 0 amide bonds. The monoisotopic (exact) mass is 257 g/mol. The summed E-state index contributed by atoms with van der Waals surface area (Å²) in [5.41, 5.74) is 12.7. The fourth-order valence-corrected chi connectivity index (χ4v) is 2.32. The van der Waals surface area contributed by atoms with Crippen molar-refractivity contribution in [2.75, 3.05) is 12.8 Å². The third kappa shape index (κ3) is 2.14. The number of nitrogens with two attached hydrogens (primary N) is 1. The maximum Gasteiger partial charge on any atom is 0.124 e. The molecule has 19 heavy (non-hydrogen) atoms. The van der Waals surface area contributed by atoms with Gasteiger partial charge in [-0.25, -0.2) is 9.97 Å². The minimum absolute atomic E-state index is 0.634. The van der Waals surface area contributed by atoms with Crippen molar-refractivity contribution in [3.05, 3.63) is 34.8 Å². The highest BCUT2D eigenvalue weighted by Crippen LogP contribution is 2.35. The predicted octanol–water partition coefficient (Wildman–Crippen LogP) is 2.97. The third-order valence-corrected chi connectivity index (χ3v) is 3.57. The summed E-state index contributed by atoms with van der Waals surface area (Å²) in [6.45, 7) is 8.02. The molecule has 2 aromatic rings. The Morgan fingerprint density at radius 3 is 2.37 bits per heavy atom. The number of rotatable bonds is 2. The van der Waals surface area contributed by atoms with Gasteiger partial charge in [0.05, 0.1) is 24.2 Å². The molecule has 0 atom stereocenters. The number of hydrogen-bond acceptors (Lipinski definition) is 4. The average molecular weight is 257 g/mol. The molecule has 1 heterocycles. The molecule has 1 aromatic carbocycles. The average Bonchev–Trinajstić information content (AvgIpc) is 2.38. The number of benzene rings is 1. The van der Waals surface area contributed by atoms with Crippen LogP contribution in [0.15, 0.2) is 12.4 Å². The molecule has 0 unspecified atom stereocenters. The highest BCUT2D eigenvalue weighted by atomic mass is 16.5. The molecule has 4 nitrogen and oxygen atoms in total. The van der Waals surface area contributed by atoms with E-state index in [1.807, 2.05) is 13.8 Å². The van der Waals surface area contributed by atoms with Gasteiger partial charge in [-0.05, 0) is 50.5 Å². The molecular weight excluding hydrogens is 238 g/mol. The summed E-state index contributed by atoms with van der Waals surface area (Å²) < 4.78 is 5.44. The van der Waals surface area contributed by atoms with Crippen molar-refractivity contribution in [2.45, 2.75) is 27.7 Å². The Balaban J connectivity index is 2.74. The minimum Gasteiger partial charge on any atom is -0.496 e. The first-order valence-corrected chi connectivity index (χ1v) is 6.19. The number of nitrogen functional groups attached to an aromatic ring is 1. The summed E-state index contributed by atoms with van der Waals surface area (Å²) in [4.78, 5) is 8.44. The summed E-state index contributed by atoms with van der Waals surface area (Å²) in [7, 11) is 1.69. The Bertz CT molecular complexity index is 636. The van der Waals surface area contributed by atoms with E-state index in [0.717, 1.165) is 39.4 Å². The number of nitrogens with zero attached hydrogens (tertiary/aromatic N) is 2. The van der Waals surface area contributed by atoms with Crippen molar-refractivity contribution in [1.29, 1.82) is 0 Å². The molecule has 0 radical (unpaired) electrons.